The zero-order chi connectivity index (χ0) is 12.7. The SMILES string of the molecule is CC#CC(=O)NCc1ccc(OC)c(OC)c1. The van der Waals surface area contributed by atoms with Gasteiger partial charge in [-0.2, -0.15) is 0 Å². The molecule has 0 bridgehead atoms. The highest BCUT2D eigenvalue weighted by molar-refractivity contribution is 5.93. The molecule has 0 aromatic heterocycles. The number of nitrogens with one attached hydrogen (secondary N) is 1. The maximum absolute atomic E-state index is 11.2. The molecule has 0 aliphatic carbocycles. The van der Waals surface area contributed by atoms with Crippen LogP contribution in [0.1, 0.15) is 12.5 Å². The molecule has 0 atom stereocenters. The van der Waals surface area contributed by atoms with E-state index in [2.05, 4.69) is 17.2 Å². The molecule has 1 aromatic carbocycles. The van der Waals surface area contributed by atoms with Crippen molar-refractivity contribution in [3.8, 4) is 23.3 Å². The Morgan fingerprint density at radius 1 is 1.29 bits per heavy atom. The molecule has 1 N–H and O–H groups in total. The average Bonchev–Trinajstić information content (AvgIpc) is 2.36. The topological polar surface area (TPSA) is 47.6 Å². The van der Waals surface area contributed by atoms with E-state index in [1.807, 2.05) is 12.1 Å². The number of hydrogen-bond donors (Lipinski definition) is 1. The highest BCUT2D eigenvalue weighted by atomic mass is 16.5. The van der Waals surface area contributed by atoms with Gasteiger partial charge in [0.25, 0.3) is 5.91 Å². The van der Waals surface area contributed by atoms with Gasteiger partial charge in [0.05, 0.1) is 14.2 Å². The highest BCUT2D eigenvalue weighted by Gasteiger charge is 2.04. The lowest BCUT2D eigenvalue weighted by Crippen LogP contribution is -2.20. The smallest absolute Gasteiger partial charge is 0.296 e. The van der Waals surface area contributed by atoms with Crippen molar-refractivity contribution in [2.45, 2.75) is 13.5 Å². The standard InChI is InChI=1S/C13H15NO3/c1-4-5-13(15)14-9-10-6-7-11(16-2)12(8-10)17-3/h6-8H,9H2,1-3H3,(H,14,15). The first-order valence-corrected chi connectivity index (χ1v) is 5.12. The summed E-state index contributed by atoms with van der Waals surface area (Å²) in [5, 5.41) is 2.68. The lowest BCUT2D eigenvalue weighted by atomic mass is 10.2. The van der Waals surface area contributed by atoms with Gasteiger partial charge in [-0.25, -0.2) is 0 Å². The number of hydrogen-bond acceptors (Lipinski definition) is 3. The van der Waals surface area contributed by atoms with E-state index in [4.69, 9.17) is 9.47 Å². The summed E-state index contributed by atoms with van der Waals surface area (Å²) in [6.07, 6.45) is 0. The summed E-state index contributed by atoms with van der Waals surface area (Å²) in [4.78, 5) is 11.2. The molecule has 0 fully saturated rings. The highest BCUT2D eigenvalue weighted by Crippen LogP contribution is 2.27. The predicted octanol–water partition coefficient (Wildman–Crippen LogP) is 1.34. The number of carbonyl (C=O) groups is 1. The van der Waals surface area contributed by atoms with Gasteiger partial charge in [0, 0.05) is 6.54 Å². The molecule has 90 valence electrons. The monoisotopic (exact) mass is 233 g/mol. The average molecular weight is 233 g/mol. The van der Waals surface area contributed by atoms with Crippen molar-refractivity contribution in [1.29, 1.82) is 0 Å². The molecule has 0 aliphatic rings. The molecule has 0 heterocycles. The maximum atomic E-state index is 11.2. The molecule has 0 aliphatic heterocycles. The van der Waals surface area contributed by atoms with E-state index in [-0.39, 0.29) is 5.91 Å². The third-order valence-electron chi connectivity index (χ3n) is 2.14. The summed E-state index contributed by atoms with van der Waals surface area (Å²) in [6.45, 7) is 2.03. The molecule has 17 heavy (non-hydrogen) atoms. The fraction of sp³-hybridized carbons (Fsp3) is 0.308. The number of benzene rings is 1. The fourth-order valence-electron chi connectivity index (χ4n) is 1.33. The van der Waals surface area contributed by atoms with E-state index >= 15 is 0 Å². The molecule has 0 saturated heterocycles. The Hall–Kier alpha value is -2.15. The first-order chi connectivity index (χ1) is 8.21. The van der Waals surface area contributed by atoms with Gasteiger partial charge < -0.3 is 14.8 Å². The van der Waals surface area contributed by atoms with Crippen LogP contribution in [0, 0.1) is 11.8 Å². The Labute approximate surface area is 101 Å². The number of methoxy groups -OCH3 is 2. The summed E-state index contributed by atoms with van der Waals surface area (Å²) in [5.41, 5.74) is 0.925. The van der Waals surface area contributed by atoms with Crippen LogP contribution >= 0.6 is 0 Å². The molecule has 1 amide bonds. The quantitative estimate of drug-likeness (QED) is 0.798. The minimum atomic E-state index is -0.290. The zero-order valence-electron chi connectivity index (χ0n) is 10.2. The van der Waals surface area contributed by atoms with E-state index in [0.29, 0.717) is 18.0 Å². The molecule has 0 spiro atoms. The molecular weight excluding hydrogens is 218 g/mol. The van der Waals surface area contributed by atoms with Crippen LogP contribution in [-0.2, 0) is 11.3 Å². The van der Waals surface area contributed by atoms with Crippen LogP contribution < -0.4 is 14.8 Å². The third kappa shape index (κ3) is 3.72. The first-order valence-electron chi connectivity index (χ1n) is 5.12. The van der Waals surface area contributed by atoms with Gasteiger partial charge in [0.2, 0.25) is 0 Å². The van der Waals surface area contributed by atoms with Crippen LogP contribution in [-0.4, -0.2) is 20.1 Å². The summed E-state index contributed by atoms with van der Waals surface area (Å²) in [6, 6.07) is 5.48. The van der Waals surface area contributed by atoms with Crippen molar-refractivity contribution in [2.75, 3.05) is 14.2 Å². The van der Waals surface area contributed by atoms with Gasteiger partial charge in [0.1, 0.15) is 0 Å². The molecule has 0 unspecified atom stereocenters. The summed E-state index contributed by atoms with van der Waals surface area (Å²) < 4.78 is 10.3. The van der Waals surface area contributed by atoms with Crippen molar-refractivity contribution in [2.24, 2.45) is 0 Å². The van der Waals surface area contributed by atoms with Crippen molar-refractivity contribution in [3.05, 3.63) is 23.8 Å². The minimum absolute atomic E-state index is 0.290. The van der Waals surface area contributed by atoms with Gasteiger partial charge in [0.15, 0.2) is 11.5 Å². The van der Waals surface area contributed by atoms with E-state index in [1.165, 1.54) is 0 Å². The Balaban J connectivity index is 2.71. The van der Waals surface area contributed by atoms with Crippen LogP contribution in [0.5, 0.6) is 11.5 Å². The van der Waals surface area contributed by atoms with Gasteiger partial charge in [-0.05, 0) is 30.5 Å². The molecule has 4 heteroatoms. The predicted molar refractivity (Wildman–Crippen MR) is 64.8 cm³/mol. The summed E-state index contributed by atoms with van der Waals surface area (Å²) in [7, 11) is 3.15. The first kappa shape index (κ1) is 12.9. The van der Waals surface area contributed by atoms with Crippen LogP contribution in [0.3, 0.4) is 0 Å². The van der Waals surface area contributed by atoms with E-state index in [9.17, 15) is 4.79 Å². The second kappa shape index (κ2) is 6.44. The van der Waals surface area contributed by atoms with E-state index < -0.39 is 0 Å². The lowest BCUT2D eigenvalue weighted by molar-refractivity contribution is -0.115. The maximum Gasteiger partial charge on any atom is 0.296 e. The van der Waals surface area contributed by atoms with Gasteiger partial charge in [-0.15, -0.1) is 0 Å². The number of ether oxygens (including phenoxy) is 2. The van der Waals surface area contributed by atoms with Crippen molar-refractivity contribution >= 4 is 5.91 Å². The zero-order valence-corrected chi connectivity index (χ0v) is 10.2. The normalized spacial score (nSPS) is 8.88. The molecule has 4 nitrogen and oxygen atoms in total. The summed E-state index contributed by atoms with van der Waals surface area (Å²) in [5.74, 6) is 5.96. The lowest BCUT2D eigenvalue weighted by Gasteiger charge is -2.09. The van der Waals surface area contributed by atoms with Crippen LogP contribution in [0.25, 0.3) is 0 Å². The summed E-state index contributed by atoms with van der Waals surface area (Å²) >= 11 is 0. The second-order valence-electron chi connectivity index (χ2n) is 3.25. The number of amides is 1. The molecule has 0 radical (unpaired) electrons. The molecule has 1 rings (SSSR count). The van der Waals surface area contributed by atoms with Crippen LogP contribution in [0.4, 0.5) is 0 Å². The minimum Gasteiger partial charge on any atom is -0.493 e. The molecule has 0 saturated carbocycles. The van der Waals surface area contributed by atoms with Crippen molar-refractivity contribution < 1.29 is 14.3 Å². The van der Waals surface area contributed by atoms with Gasteiger partial charge in [-0.3, -0.25) is 4.79 Å². The van der Waals surface area contributed by atoms with E-state index in [1.54, 1.807) is 27.2 Å². The van der Waals surface area contributed by atoms with E-state index in [0.717, 1.165) is 5.56 Å². The third-order valence-corrected chi connectivity index (χ3v) is 2.14. The molecule has 1 aromatic rings. The Morgan fingerprint density at radius 2 is 2.00 bits per heavy atom. The second-order valence-corrected chi connectivity index (χ2v) is 3.25. The Kier molecular flexibility index (Phi) is 4.89. The van der Waals surface area contributed by atoms with Crippen molar-refractivity contribution in [3.63, 3.8) is 0 Å². The van der Waals surface area contributed by atoms with Crippen molar-refractivity contribution in [1.82, 2.24) is 5.32 Å². The number of carbonyl (C=O) groups excluding carboxylic acids is 1. The Morgan fingerprint density at radius 3 is 2.59 bits per heavy atom. The number of rotatable bonds is 4. The van der Waals surface area contributed by atoms with Crippen LogP contribution in [0.15, 0.2) is 18.2 Å². The fourth-order valence-corrected chi connectivity index (χ4v) is 1.33. The van der Waals surface area contributed by atoms with Crippen LogP contribution in [0.2, 0.25) is 0 Å². The molecular formula is C13H15NO3. The largest absolute Gasteiger partial charge is 0.493 e. The Bertz CT molecular complexity index is 457. The van der Waals surface area contributed by atoms with Gasteiger partial charge in [-0.1, -0.05) is 12.0 Å². The van der Waals surface area contributed by atoms with Gasteiger partial charge >= 0.3 is 0 Å².